The lowest BCUT2D eigenvalue weighted by molar-refractivity contribution is -0.123. The molecule has 0 spiro atoms. The molecule has 1 heterocycles. The Morgan fingerprint density at radius 3 is 2.31 bits per heavy atom. The van der Waals surface area contributed by atoms with Crippen LogP contribution in [-0.2, 0) is 16.1 Å². The van der Waals surface area contributed by atoms with E-state index in [9.17, 15) is 14.0 Å². The van der Waals surface area contributed by atoms with Gasteiger partial charge in [-0.2, -0.15) is 0 Å². The van der Waals surface area contributed by atoms with Gasteiger partial charge in [0.15, 0.2) is 0 Å². The zero-order valence-corrected chi connectivity index (χ0v) is 16.9. The second-order valence-corrected chi connectivity index (χ2v) is 7.28. The highest BCUT2D eigenvalue weighted by Gasteiger charge is 2.18. The average molecular weight is 398 g/mol. The minimum Gasteiger partial charge on any atom is -0.369 e. The normalized spacial score (nSPS) is 14.5. The molecular weight excluding hydrogens is 371 g/mol. The lowest BCUT2D eigenvalue weighted by Gasteiger charge is -2.34. The fourth-order valence-corrected chi connectivity index (χ4v) is 3.33. The Balaban J connectivity index is 1.61. The van der Waals surface area contributed by atoms with Gasteiger partial charge in [-0.1, -0.05) is 18.2 Å². The van der Waals surface area contributed by atoms with E-state index >= 15 is 0 Å². The molecule has 0 aromatic heterocycles. The molecule has 0 saturated carbocycles. The molecule has 6 nitrogen and oxygen atoms in total. The third kappa shape index (κ3) is 5.54. The van der Waals surface area contributed by atoms with E-state index in [2.05, 4.69) is 22.2 Å². The summed E-state index contributed by atoms with van der Waals surface area (Å²) in [5, 5.41) is 2.68. The van der Waals surface area contributed by atoms with Crippen molar-refractivity contribution < 1.29 is 14.0 Å². The molecule has 0 radical (unpaired) electrons. The monoisotopic (exact) mass is 398 g/mol. The molecule has 2 aromatic rings. The van der Waals surface area contributed by atoms with E-state index in [1.165, 1.54) is 17.9 Å². The van der Waals surface area contributed by atoms with Crippen molar-refractivity contribution >= 4 is 23.2 Å². The van der Waals surface area contributed by atoms with Gasteiger partial charge >= 0.3 is 0 Å². The predicted octanol–water partition coefficient (Wildman–Crippen LogP) is 2.25. The molecule has 1 saturated heterocycles. The zero-order valence-electron chi connectivity index (χ0n) is 16.9. The van der Waals surface area contributed by atoms with Crippen LogP contribution in [0.2, 0.25) is 0 Å². The molecule has 1 aliphatic rings. The number of halogens is 1. The number of carbonyl (C=O) groups is 2. The number of anilines is 2. The standard InChI is InChI=1S/C22H27FN4O2/c1-17(28)27(16-22(29)24-15-18-5-3-4-6-21(18)23)20-9-7-19(8-10-20)26-13-11-25(2)12-14-26/h3-10H,11-16H2,1-2H3,(H,24,29). The molecule has 0 atom stereocenters. The van der Waals surface area contributed by atoms with E-state index in [1.807, 2.05) is 24.3 Å². The van der Waals surface area contributed by atoms with Crippen molar-refractivity contribution in [2.45, 2.75) is 13.5 Å². The third-order valence-corrected chi connectivity index (χ3v) is 5.15. The largest absolute Gasteiger partial charge is 0.369 e. The van der Waals surface area contributed by atoms with E-state index in [-0.39, 0.29) is 30.7 Å². The molecule has 0 aliphatic carbocycles. The lowest BCUT2D eigenvalue weighted by Crippen LogP contribution is -2.44. The quantitative estimate of drug-likeness (QED) is 0.811. The highest BCUT2D eigenvalue weighted by molar-refractivity contribution is 5.97. The van der Waals surface area contributed by atoms with Crippen LogP contribution in [0.5, 0.6) is 0 Å². The molecule has 2 amide bonds. The summed E-state index contributed by atoms with van der Waals surface area (Å²) in [5.41, 5.74) is 2.18. The highest BCUT2D eigenvalue weighted by atomic mass is 19.1. The van der Waals surface area contributed by atoms with Gasteiger partial charge < -0.3 is 20.0 Å². The number of nitrogens with zero attached hydrogens (tertiary/aromatic N) is 3. The molecular formula is C22H27FN4O2. The van der Waals surface area contributed by atoms with E-state index < -0.39 is 0 Å². The lowest BCUT2D eigenvalue weighted by atomic mass is 10.2. The molecule has 2 aromatic carbocycles. The topological polar surface area (TPSA) is 55.9 Å². The zero-order chi connectivity index (χ0) is 20.8. The maximum absolute atomic E-state index is 13.7. The maximum atomic E-state index is 13.7. The number of rotatable bonds is 6. The van der Waals surface area contributed by atoms with Crippen molar-refractivity contribution in [2.24, 2.45) is 0 Å². The van der Waals surface area contributed by atoms with Gasteiger partial charge in [-0.05, 0) is 37.4 Å². The first kappa shape index (κ1) is 20.8. The second-order valence-electron chi connectivity index (χ2n) is 7.28. The van der Waals surface area contributed by atoms with E-state index in [1.54, 1.807) is 18.2 Å². The Bertz CT molecular complexity index is 848. The van der Waals surface area contributed by atoms with Crippen LogP contribution >= 0.6 is 0 Å². The van der Waals surface area contributed by atoms with Crippen LogP contribution in [0.25, 0.3) is 0 Å². The van der Waals surface area contributed by atoms with Gasteiger partial charge in [0.05, 0.1) is 0 Å². The number of hydrogen-bond donors (Lipinski definition) is 1. The molecule has 0 unspecified atom stereocenters. The molecule has 0 bridgehead atoms. The summed E-state index contributed by atoms with van der Waals surface area (Å²) in [6.07, 6.45) is 0. The van der Waals surface area contributed by atoms with Crippen LogP contribution < -0.4 is 15.1 Å². The maximum Gasteiger partial charge on any atom is 0.240 e. The first-order valence-corrected chi connectivity index (χ1v) is 9.76. The van der Waals surface area contributed by atoms with Gasteiger partial charge in [0.25, 0.3) is 0 Å². The summed E-state index contributed by atoms with van der Waals surface area (Å²) in [7, 11) is 2.11. The van der Waals surface area contributed by atoms with Crippen LogP contribution in [0.1, 0.15) is 12.5 Å². The molecule has 1 N–H and O–H groups in total. The molecule has 154 valence electrons. The van der Waals surface area contributed by atoms with Gasteiger partial charge in [-0.15, -0.1) is 0 Å². The van der Waals surface area contributed by atoms with Gasteiger partial charge in [0, 0.05) is 56.6 Å². The number of likely N-dealkylation sites (N-methyl/N-ethyl adjacent to an activating group) is 1. The van der Waals surface area contributed by atoms with Crippen molar-refractivity contribution in [3.8, 4) is 0 Å². The Hall–Kier alpha value is -2.93. The first-order chi connectivity index (χ1) is 13.9. The summed E-state index contributed by atoms with van der Waals surface area (Å²) in [4.78, 5) is 30.4. The second kappa shape index (κ2) is 9.52. The molecule has 1 fully saturated rings. The number of benzene rings is 2. The SMILES string of the molecule is CC(=O)N(CC(=O)NCc1ccccc1F)c1ccc(N2CCN(C)CC2)cc1. The fraction of sp³-hybridized carbons (Fsp3) is 0.364. The minimum atomic E-state index is -0.365. The van der Waals surface area contributed by atoms with Crippen LogP contribution in [0.4, 0.5) is 15.8 Å². The minimum absolute atomic E-state index is 0.0829. The van der Waals surface area contributed by atoms with Crippen LogP contribution in [0.3, 0.4) is 0 Å². The summed E-state index contributed by atoms with van der Waals surface area (Å²) >= 11 is 0. The van der Waals surface area contributed by atoms with Crippen LogP contribution in [0, 0.1) is 5.82 Å². The highest BCUT2D eigenvalue weighted by Crippen LogP contribution is 2.22. The van der Waals surface area contributed by atoms with Crippen molar-refractivity contribution in [3.05, 3.63) is 59.9 Å². The number of hydrogen-bond acceptors (Lipinski definition) is 4. The summed E-state index contributed by atoms with van der Waals surface area (Å²) in [6, 6.07) is 14.0. The Kier molecular flexibility index (Phi) is 6.82. The third-order valence-electron chi connectivity index (χ3n) is 5.15. The van der Waals surface area contributed by atoms with Crippen molar-refractivity contribution in [3.63, 3.8) is 0 Å². The first-order valence-electron chi connectivity index (χ1n) is 9.76. The van der Waals surface area contributed by atoms with Crippen molar-refractivity contribution in [1.82, 2.24) is 10.2 Å². The van der Waals surface area contributed by atoms with Crippen molar-refractivity contribution in [2.75, 3.05) is 49.6 Å². The van der Waals surface area contributed by atoms with Gasteiger partial charge in [0.1, 0.15) is 12.4 Å². The molecule has 7 heteroatoms. The fourth-order valence-electron chi connectivity index (χ4n) is 3.33. The Labute approximate surface area is 170 Å². The van der Waals surface area contributed by atoms with Gasteiger partial charge in [-0.25, -0.2) is 4.39 Å². The summed E-state index contributed by atoms with van der Waals surface area (Å²) in [5.74, 6) is -0.930. The van der Waals surface area contributed by atoms with Crippen LogP contribution in [0.15, 0.2) is 48.5 Å². The van der Waals surface area contributed by atoms with E-state index in [4.69, 9.17) is 0 Å². The number of carbonyl (C=O) groups excluding carboxylic acids is 2. The van der Waals surface area contributed by atoms with Gasteiger partial charge in [0.2, 0.25) is 11.8 Å². The average Bonchev–Trinajstić information content (AvgIpc) is 2.72. The smallest absolute Gasteiger partial charge is 0.240 e. The summed E-state index contributed by atoms with van der Waals surface area (Å²) in [6.45, 7) is 5.36. The summed E-state index contributed by atoms with van der Waals surface area (Å²) < 4.78 is 13.7. The Morgan fingerprint density at radius 1 is 1.03 bits per heavy atom. The van der Waals surface area contributed by atoms with Gasteiger partial charge in [-0.3, -0.25) is 9.59 Å². The van der Waals surface area contributed by atoms with E-state index in [0.717, 1.165) is 31.9 Å². The molecule has 29 heavy (non-hydrogen) atoms. The predicted molar refractivity (Wildman–Crippen MR) is 112 cm³/mol. The van der Waals surface area contributed by atoms with E-state index in [0.29, 0.717) is 11.3 Å². The Morgan fingerprint density at radius 2 is 1.69 bits per heavy atom. The van der Waals surface area contributed by atoms with Crippen LogP contribution in [-0.4, -0.2) is 56.5 Å². The molecule has 1 aliphatic heterocycles. The van der Waals surface area contributed by atoms with Crippen molar-refractivity contribution in [1.29, 1.82) is 0 Å². The molecule has 3 rings (SSSR count). The number of amides is 2. The number of nitrogens with one attached hydrogen (secondary N) is 1. The number of piperazine rings is 1.